The fraction of sp³-hybridized carbons (Fsp3) is 0.528. The number of primary amides is 3. The average Bonchev–Trinajstić information content (AvgIpc) is 1.55. The summed E-state index contributed by atoms with van der Waals surface area (Å²) in [6, 6.07) is -2.28. The van der Waals surface area contributed by atoms with Crippen LogP contribution in [0.15, 0.2) is 85.2 Å². The number of carbonyl (C=O) groups excluding carboxylic acids is 18. The molecule has 3 aliphatic rings. The first kappa shape index (κ1) is 106. The molecule has 728 valence electrons. The van der Waals surface area contributed by atoms with Crippen molar-refractivity contribution in [3.63, 3.8) is 0 Å². The Morgan fingerprint density at radius 2 is 1.02 bits per heavy atom. The van der Waals surface area contributed by atoms with Crippen LogP contribution in [-0.4, -0.2) is 317 Å². The van der Waals surface area contributed by atoms with Gasteiger partial charge in [0.1, 0.15) is 78.3 Å². The molecule has 3 aromatic carbocycles. The predicted octanol–water partition coefficient (Wildman–Crippen LogP) is -3.15. The minimum Gasteiger partial charge on any atom is -0.508 e. The highest BCUT2D eigenvalue weighted by molar-refractivity contribution is 8.00. The van der Waals surface area contributed by atoms with Crippen LogP contribution in [-0.2, 0) is 115 Å². The molecule has 0 spiro atoms. The third kappa shape index (κ3) is 29.7. The van der Waals surface area contributed by atoms with E-state index in [0.29, 0.717) is 63.1 Å². The fourth-order valence-electron chi connectivity index (χ4n) is 16.4. The Morgan fingerprint density at radius 3 is 1.60 bits per heavy atom. The Bertz CT molecular complexity index is 5130. The van der Waals surface area contributed by atoms with Gasteiger partial charge in [0, 0.05) is 132 Å². The second kappa shape index (κ2) is 50.3. The van der Waals surface area contributed by atoms with Gasteiger partial charge in [0.15, 0.2) is 5.78 Å². The van der Waals surface area contributed by atoms with E-state index < -0.39 is 298 Å². The number of nitrogens with one attached hydrogen (secondary N) is 11. The van der Waals surface area contributed by atoms with Crippen molar-refractivity contribution in [2.45, 2.75) is 234 Å². The molecule has 44 nitrogen and oxygen atoms in total. The molecule has 2 aromatic heterocycles. The Balaban J connectivity index is 1.21. The number of nitrogens with two attached hydrogens (primary N) is 4. The van der Waals surface area contributed by atoms with Gasteiger partial charge in [0.2, 0.25) is 100 Å². The van der Waals surface area contributed by atoms with Gasteiger partial charge in [0.25, 0.3) is 0 Å². The van der Waals surface area contributed by atoms with Crippen LogP contribution in [0.4, 0.5) is 0 Å². The molecule has 0 bridgehead atoms. The number of amides is 17. The van der Waals surface area contributed by atoms with Gasteiger partial charge in [-0.15, -0.1) is 11.8 Å². The Labute approximate surface area is 775 Å². The van der Waals surface area contributed by atoms with E-state index in [4.69, 9.17) is 22.9 Å². The zero-order valence-electron chi connectivity index (χ0n) is 75.5. The van der Waals surface area contributed by atoms with Crippen LogP contribution < -0.4 is 70.8 Å². The molecule has 134 heavy (non-hydrogen) atoms. The molecule has 15 atom stereocenters. The van der Waals surface area contributed by atoms with E-state index in [1.54, 1.807) is 74.8 Å². The van der Waals surface area contributed by atoms with E-state index in [1.807, 2.05) is 0 Å². The normalized spacial score (nSPS) is 24.8. The van der Waals surface area contributed by atoms with E-state index in [0.717, 1.165) is 24.5 Å². The van der Waals surface area contributed by atoms with Gasteiger partial charge in [-0.1, -0.05) is 88.1 Å². The quantitative estimate of drug-likeness (QED) is 0.0247. The molecule has 0 aliphatic carbocycles. The molecule has 3 aliphatic heterocycles. The maximum absolute atomic E-state index is 15.8. The minimum atomic E-state index is -1.84. The van der Waals surface area contributed by atoms with Crippen LogP contribution in [0.25, 0.3) is 21.8 Å². The summed E-state index contributed by atoms with van der Waals surface area (Å²) >= 11 is 0.688. The third-order valence-corrected chi connectivity index (χ3v) is 25.0. The molecule has 3 saturated heterocycles. The largest absolute Gasteiger partial charge is 0.508 e. The molecule has 45 heteroatoms. The number of aliphatic carboxylic acids is 2. The Hall–Kier alpha value is -13.6. The van der Waals surface area contributed by atoms with Crippen LogP contribution in [0.3, 0.4) is 0 Å². The van der Waals surface area contributed by atoms with Crippen LogP contribution >= 0.6 is 11.8 Å². The summed E-state index contributed by atoms with van der Waals surface area (Å²) < 4.78 is 0. The van der Waals surface area contributed by atoms with Gasteiger partial charge in [0.05, 0.1) is 30.9 Å². The third-order valence-electron chi connectivity index (χ3n) is 24.0. The zero-order valence-corrected chi connectivity index (χ0v) is 76.4. The average molecular weight is 1890 g/mol. The van der Waals surface area contributed by atoms with Gasteiger partial charge in [-0.3, -0.25) is 95.9 Å². The lowest BCUT2D eigenvalue weighted by molar-refractivity contribution is -0.149. The van der Waals surface area contributed by atoms with E-state index >= 15 is 33.6 Å². The van der Waals surface area contributed by atoms with Crippen molar-refractivity contribution in [1.29, 1.82) is 0 Å². The monoisotopic (exact) mass is 1890 g/mol. The van der Waals surface area contributed by atoms with Gasteiger partial charge < -0.3 is 126 Å². The van der Waals surface area contributed by atoms with E-state index in [-0.39, 0.29) is 70.1 Å². The van der Waals surface area contributed by atoms with Crippen molar-refractivity contribution in [3.05, 3.63) is 102 Å². The number of carboxylic acids is 2. The summed E-state index contributed by atoms with van der Waals surface area (Å²) in [7, 11) is 3.72. The Kier molecular flexibility index (Phi) is 39.7. The molecule has 23 N–H and O–H groups in total. The molecule has 5 aromatic rings. The van der Waals surface area contributed by atoms with Crippen LogP contribution in [0, 0.1) is 5.92 Å². The Morgan fingerprint density at radius 1 is 0.507 bits per heavy atom. The SMILES string of the molecule is CCCC[C@H]1C(=O)N(C)[C@@H](CCCC)C(=O)N[C@@H](CCC(=O)O)C(=O)N[C@H](C(=O)NCC(N)=O)CSCC(=O)N[C@@H](Cc2ccc(O)cc2)C(=O)N(C)[C@@H](C)C(=O)N[C@@H](CC(N)=O)C(=O)N2CCC[C@H]2C(=O)N[C@@H](CN)C(=O)N[C@@H](CCC(N)=O)C(=O)N2C[C@H](O)C[C@H]2C(=O)C[C@@H](Cc2c[nH]c3ccccc23)C(=O)N[C@@H](CCC(=O)O)C(=O)N[C@@H](Cc2c[nH]c3ccccc23)C(=O)N1C. The van der Waals surface area contributed by atoms with E-state index in [1.165, 1.54) is 52.3 Å². The molecule has 0 unspecified atom stereocenters. The number of rotatable bonds is 27. The maximum atomic E-state index is 15.8. The first-order chi connectivity index (χ1) is 63.6. The molecule has 0 radical (unpaired) electrons. The first-order valence-electron chi connectivity index (χ1n) is 44.4. The van der Waals surface area contributed by atoms with Crippen molar-refractivity contribution >= 4 is 152 Å². The lowest BCUT2D eigenvalue weighted by Gasteiger charge is -2.36. The smallest absolute Gasteiger partial charge is 0.303 e. The van der Waals surface area contributed by atoms with Gasteiger partial charge >= 0.3 is 11.9 Å². The van der Waals surface area contributed by atoms with E-state index in [2.05, 4.69) is 57.8 Å². The van der Waals surface area contributed by atoms with Crippen molar-refractivity contribution in [2.75, 3.05) is 58.8 Å². The number of fused-ring (bicyclic) bond motifs is 4. The zero-order chi connectivity index (χ0) is 98.5. The number of aliphatic hydroxyl groups excluding tert-OH is 1. The molecule has 17 amide bonds. The number of ketones is 1. The molecule has 5 heterocycles. The standard InChI is InChI=1S/C89H122N20O24S/c1-7-9-20-66-83(127)99-59(29-32-76(119)120)81(125)104-65(79(123)96-43-73(93)115)45-134-46-74(116)97-61(34-48-23-25-52(110)26-24-48)85(129)105(4)47(3)77(121)101-63(39-72(92)114)88(132)108-33-15-22-67(108)84(128)103-64(40-90)82(126)100-60(27-30-71(91)113)87(131)109-44-53(111)38-69(109)70(112)37-49(35-50-41-94-56-18-13-11-16-54(50)56)78(122)98-58(28-31-75(117)118)80(124)102-62(36-51-42-95-57-19-14-12-17-55(51)57)86(130)107(6)68(21-10-8-2)89(133)106(66)5/h11-14,16-19,23-26,41-42,47,49,53,58-69,94-95,110-111H,7-10,15,20-22,27-40,43-46,90H2,1-6H3,(H2,91,113)(H2,92,114)(H2,93,115)(H,96,123)(H,97,116)(H,98,122)(H,99,127)(H,100,126)(H,101,121)(H,102,124)(H,103,128)(H,104,125)(H,117,118)(H,119,120)/t47-,49+,53+,58-,59-,60-,61-,62-,63-,64-,65-,66-,67-,68-,69-/m0/s1. The lowest BCUT2D eigenvalue weighted by atomic mass is 9.90. The van der Waals surface area contributed by atoms with Crippen LogP contribution in [0.1, 0.15) is 147 Å². The van der Waals surface area contributed by atoms with E-state index in [9.17, 15) is 82.8 Å². The van der Waals surface area contributed by atoms with Crippen molar-refractivity contribution in [3.8, 4) is 5.75 Å². The number of Topliss-reactive ketones (excluding diaryl/α,β-unsaturated/α-hetero) is 1. The number of thioether (sulfide) groups is 1. The number of phenols is 1. The number of aliphatic hydroxyl groups is 1. The number of para-hydroxylation sites is 2. The number of unbranched alkanes of at least 4 members (excludes halogenated alkanes) is 2. The topological polar surface area (TPSA) is 682 Å². The second-order valence-corrected chi connectivity index (χ2v) is 34.8. The fourth-order valence-corrected chi connectivity index (χ4v) is 17.3. The molecular weight excluding hydrogens is 1770 g/mol. The van der Waals surface area contributed by atoms with Gasteiger partial charge in [-0.05, 0) is 99.2 Å². The lowest BCUT2D eigenvalue weighted by Crippen LogP contribution is -2.61. The first-order valence-corrected chi connectivity index (χ1v) is 45.5. The molecule has 0 saturated carbocycles. The van der Waals surface area contributed by atoms with Crippen LogP contribution in [0.2, 0.25) is 0 Å². The van der Waals surface area contributed by atoms with Gasteiger partial charge in [-0.2, -0.15) is 0 Å². The number of phenolic OH excluding ortho intramolecular Hbond substituents is 1. The number of benzene rings is 3. The number of hydrogen-bond acceptors (Lipinski definition) is 24. The highest BCUT2D eigenvalue weighted by atomic mass is 32.2. The number of aromatic hydroxyl groups is 1. The number of carboxylic acid groups (broad SMARTS) is 2. The summed E-state index contributed by atoms with van der Waals surface area (Å²) in [5.74, 6) is -24.0. The van der Waals surface area contributed by atoms with Crippen molar-refractivity contribution in [1.82, 2.24) is 82.3 Å². The van der Waals surface area contributed by atoms with Crippen molar-refractivity contribution in [2.24, 2.45) is 28.9 Å². The summed E-state index contributed by atoms with van der Waals surface area (Å²) in [6.45, 7) is 2.59. The second-order valence-electron chi connectivity index (χ2n) is 33.8. The number of carbonyl (C=O) groups is 20. The highest BCUT2D eigenvalue weighted by Gasteiger charge is 2.47. The minimum absolute atomic E-state index is 0.0793. The molecule has 3 fully saturated rings. The number of nitrogens with zero attached hydrogens (tertiary/aromatic N) is 5. The number of hydrogen-bond donors (Lipinski definition) is 19. The highest BCUT2D eigenvalue weighted by Crippen LogP contribution is 2.30. The number of likely N-dealkylation sites (N-methyl/N-ethyl adjacent to an activating group) is 3. The number of aromatic nitrogens is 2. The maximum Gasteiger partial charge on any atom is 0.303 e. The van der Waals surface area contributed by atoms with Crippen LogP contribution in [0.5, 0.6) is 5.75 Å². The summed E-state index contributed by atoms with van der Waals surface area (Å²) in [5.41, 5.74) is 25.2. The summed E-state index contributed by atoms with van der Waals surface area (Å²) in [6.07, 6.45) is -4.04. The number of aromatic amines is 2. The predicted molar refractivity (Wildman–Crippen MR) is 484 cm³/mol. The summed E-state index contributed by atoms with van der Waals surface area (Å²) in [5, 5.41) is 65.7. The summed E-state index contributed by atoms with van der Waals surface area (Å²) in [4.78, 5) is 297. The molecular formula is C89H122N20O24S. The van der Waals surface area contributed by atoms with Gasteiger partial charge in [-0.25, -0.2) is 0 Å². The van der Waals surface area contributed by atoms with Crippen molar-refractivity contribution < 1.29 is 116 Å². The number of H-pyrrole nitrogens is 2. The molecule has 8 rings (SSSR count).